The van der Waals surface area contributed by atoms with Gasteiger partial charge in [0.1, 0.15) is 10.7 Å². The first-order valence-electron chi connectivity index (χ1n) is 6.05. The molecule has 1 aromatic rings. The van der Waals surface area contributed by atoms with Gasteiger partial charge in [-0.05, 0) is 30.4 Å². The topological polar surface area (TPSA) is 85.1 Å². The van der Waals surface area contributed by atoms with E-state index < -0.39 is 10.0 Å². The van der Waals surface area contributed by atoms with Crippen molar-refractivity contribution in [2.45, 2.75) is 44.0 Å². The van der Waals surface area contributed by atoms with E-state index in [1.807, 2.05) is 0 Å². The van der Waals surface area contributed by atoms with Crippen molar-refractivity contribution in [3.8, 4) is 0 Å². The predicted octanol–water partition coefficient (Wildman–Crippen LogP) is 1.52. The largest absolute Gasteiger partial charge is 0.384 e. The van der Waals surface area contributed by atoms with Crippen LogP contribution in [0.5, 0.6) is 0 Å². The van der Waals surface area contributed by atoms with Crippen LogP contribution >= 0.6 is 0 Å². The van der Waals surface area contributed by atoms with E-state index in [-0.39, 0.29) is 16.4 Å². The number of sulfonamides is 1. The average Bonchev–Trinajstić information content (AvgIpc) is 2.58. The third-order valence-corrected chi connectivity index (χ3v) is 5.08. The Labute approximate surface area is 108 Å². The van der Waals surface area contributed by atoms with Crippen molar-refractivity contribution in [2.75, 3.05) is 5.73 Å². The fraction of sp³-hybridized carbons (Fsp3) is 0.583. The summed E-state index contributed by atoms with van der Waals surface area (Å²) in [5.74, 6) is 0.315. The third kappa shape index (κ3) is 2.64. The number of aromatic nitrogens is 1. The molecule has 1 unspecified atom stereocenters. The van der Waals surface area contributed by atoms with Gasteiger partial charge >= 0.3 is 0 Å². The molecule has 1 saturated carbocycles. The van der Waals surface area contributed by atoms with Crippen LogP contribution < -0.4 is 10.5 Å². The first-order valence-corrected chi connectivity index (χ1v) is 7.53. The van der Waals surface area contributed by atoms with E-state index in [0.717, 1.165) is 19.3 Å². The van der Waals surface area contributed by atoms with E-state index in [0.29, 0.717) is 5.82 Å². The molecule has 0 aliphatic heterocycles. The number of hydrogen-bond donors (Lipinski definition) is 2. The van der Waals surface area contributed by atoms with Gasteiger partial charge in [0.2, 0.25) is 10.0 Å². The maximum Gasteiger partial charge on any atom is 0.242 e. The molecular weight excluding hydrogens is 250 g/mol. The lowest BCUT2D eigenvalue weighted by molar-refractivity contribution is 0.313. The Morgan fingerprint density at radius 3 is 2.67 bits per heavy atom. The van der Waals surface area contributed by atoms with Crippen LogP contribution in [0.15, 0.2) is 23.2 Å². The Balaban J connectivity index is 2.20. The van der Waals surface area contributed by atoms with Gasteiger partial charge in [-0.25, -0.2) is 18.1 Å². The summed E-state index contributed by atoms with van der Waals surface area (Å²) in [6.07, 6.45) is 4.27. The van der Waals surface area contributed by atoms with Gasteiger partial charge in [-0.1, -0.05) is 20.3 Å². The molecule has 1 atom stereocenters. The second kappa shape index (κ2) is 4.51. The molecule has 1 aliphatic carbocycles. The molecule has 1 aliphatic rings. The molecule has 18 heavy (non-hydrogen) atoms. The van der Waals surface area contributed by atoms with Crippen LogP contribution in [-0.2, 0) is 10.0 Å². The van der Waals surface area contributed by atoms with Gasteiger partial charge in [0.05, 0.1) is 0 Å². The van der Waals surface area contributed by atoms with Crippen molar-refractivity contribution in [2.24, 2.45) is 5.41 Å². The average molecular weight is 269 g/mol. The van der Waals surface area contributed by atoms with Crippen LogP contribution in [0, 0.1) is 5.41 Å². The highest BCUT2D eigenvalue weighted by atomic mass is 32.2. The molecule has 1 fully saturated rings. The van der Waals surface area contributed by atoms with Crippen molar-refractivity contribution in [3.63, 3.8) is 0 Å². The monoisotopic (exact) mass is 269 g/mol. The lowest BCUT2D eigenvalue weighted by Crippen LogP contribution is -2.41. The summed E-state index contributed by atoms with van der Waals surface area (Å²) in [4.78, 5) is 3.98. The minimum Gasteiger partial charge on any atom is -0.384 e. The Bertz CT molecular complexity index is 523. The van der Waals surface area contributed by atoms with Gasteiger partial charge in [-0.15, -0.1) is 0 Å². The zero-order valence-electron chi connectivity index (χ0n) is 10.7. The van der Waals surface area contributed by atoms with Crippen LogP contribution in [0.2, 0.25) is 0 Å². The van der Waals surface area contributed by atoms with E-state index in [9.17, 15) is 8.42 Å². The van der Waals surface area contributed by atoms with Crippen molar-refractivity contribution in [1.29, 1.82) is 0 Å². The Hall–Kier alpha value is -1.14. The smallest absolute Gasteiger partial charge is 0.242 e. The molecule has 100 valence electrons. The van der Waals surface area contributed by atoms with Crippen LogP contribution in [-0.4, -0.2) is 19.4 Å². The van der Waals surface area contributed by atoms with Crippen LogP contribution in [0.4, 0.5) is 5.82 Å². The van der Waals surface area contributed by atoms with E-state index in [1.165, 1.54) is 18.3 Å². The van der Waals surface area contributed by atoms with Crippen molar-refractivity contribution in [1.82, 2.24) is 9.71 Å². The van der Waals surface area contributed by atoms with Crippen molar-refractivity contribution < 1.29 is 8.42 Å². The molecule has 5 nitrogen and oxygen atoms in total. The molecule has 0 aromatic carbocycles. The SMILES string of the molecule is CC1(C)CCCC1NS(=O)(=O)c1ccc(N)nc1. The molecular formula is C12H19N3O2S. The molecule has 1 heterocycles. The second-order valence-electron chi connectivity index (χ2n) is 5.47. The minimum absolute atomic E-state index is 0.00824. The molecule has 3 N–H and O–H groups in total. The van der Waals surface area contributed by atoms with E-state index in [4.69, 9.17) is 5.73 Å². The molecule has 2 rings (SSSR count). The zero-order valence-corrected chi connectivity index (χ0v) is 11.5. The Kier molecular flexibility index (Phi) is 3.33. The van der Waals surface area contributed by atoms with Crippen LogP contribution in [0.3, 0.4) is 0 Å². The first-order chi connectivity index (χ1) is 8.31. The summed E-state index contributed by atoms with van der Waals surface area (Å²) < 4.78 is 27.2. The van der Waals surface area contributed by atoms with E-state index in [2.05, 4.69) is 23.6 Å². The van der Waals surface area contributed by atoms with Gasteiger partial charge in [0, 0.05) is 12.2 Å². The number of nitrogens with one attached hydrogen (secondary N) is 1. The number of nitrogen functional groups attached to an aromatic ring is 1. The first kappa shape index (κ1) is 13.3. The summed E-state index contributed by atoms with van der Waals surface area (Å²) >= 11 is 0. The molecule has 0 spiro atoms. The summed E-state index contributed by atoms with van der Waals surface area (Å²) in [6, 6.07) is 2.96. The predicted molar refractivity (Wildman–Crippen MR) is 70.4 cm³/mol. The molecule has 6 heteroatoms. The standard InChI is InChI=1S/C12H19N3O2S/c1-12(2)7-3-4-10(12)15-18(16,17)9-5-6-11(13)14-8-9/h5-6,8,10,15H,3-4,7H2,1-2H3,(H2,13,14). The van der Waals surface area contributed by atoms with Gasteiger partial charge in [0.25, 0.3) is 0 Å². The highest BCUT2D eigenvalue weighted by molar-refractivity contribution is 7.89. The van der Waals surface area contributed by atoms with Crippen molar-refractivity contribution in [3.05, 3.63) is 18.3 Å². The third-order valence-electron chi connectivity index (χ3n) is 3.62. The van der Waals surface area contributed by atoms with Gasteiger partial charge in [-0.2, -0.15) is 0 Å². The summed E-state index contributed by atoms with van der Waals surface area (Å²) in [6.45, 7) is 4.18. The van der Waals surface area contributed by atoms with E-state index in [1.54, 1.807) is 0 Å². The number of rotatable bonds is 3. The minimum atomic E-state index is -3.50. The number of hydrogen-bond acceptors (Lipinski definition) is 4. The number of nitrogens with two attached hydrogens (primary N) is 1. The molecule has 0 bridgehead atoms. The van der Waals surface area contributed by atoms with Gasteiger partial charge in [0.15, 0.2) is 0 Å². The highest BCUT2D eigenvalue weighted by Crippen LogP contribution is 2.37. The van der Waals surface area contributed by atoms with E-state index >= 15 is 0 Å². The Morgan fingerprint density at radius 1 is 1.44 bits per heavy atom. The van der Waals surface area contributed by atoms with Crippen molar-refractivity contribution >= 4 is 15.8 Å². The molecule has 0 saturated heterocycles. The van der Waals surface area contributed by atoms with Gasteiger partial charge in [-0.3, -0.25) is 0 Å². The molecule has 0 amide bonds. The summed E-state index contributed by atoms with van der Waals surface area (Å²) in [5.41, 5.74) is 5.46. The number of nitrogens with zero attached hydrogens (tertiary/aromatic N) is 1. The Morgan fingerprint density at radius 2 is 2.17 bits per heavy atom. The summed E-state index contributed by atoms with van der Waals surface area (Å²) in [7, 11) is -3.50. The molecule has 1 aromatic heterocycles. The quantitative estimate of drug-likeness (QED) is 0.871. The van der Waals surface area contributed by atoms with Crippen LogP contribution in [0.25, 0.3) is 0 Å². The van der Waals surface area contributed by atoms with Crippen LogP contribution in [0.1, 0.15) is 33.1 Å². The van der Waals surface area contributed by atoms with Gasteiger partial charge < -0.3 is 5.73 Å². The zero-order chi connectivity index (χ0) is 13.4. The lowest BCUT2D eigenvalue weighted by Gasteiger charge is -2.27. The maximum atomic E-state index is 12.2. The number of pyridine rings is 1. The lowest BCUT2D eigenvalue weighted by atomic mass is 9.88. The maximum absolute atomic E-state index is 12.2. The fourth-order valence-electron chi connectivity index (χ4n) is 2.35. The highest BCUT2D eigenvalue weighted by Gasteiger charge is 2.37. The summed E-state index contributed by atoms with van der Waals surface area (Å²) in [5, 5.41) is 0. The fourth-order valence-corrected chi connectivity index (χ4v) is 3.74. The second-order valence-corrected chi connectivity index (χ2v) is 7.19. The normalized spacial score (nSPS) is 23.1. The number of anilines is 1. The molecule has 0 radical (unpaired) electrons.